The Hall–Kier alpha value is -4.63. The van der Waals surface area contributed by atoms with E-state index in [2.05, 4.69) is 218 Å². The van der Waals surface area contributed by atoms with Crippen LogP contribution in [-0.4, -0.2) is 0 Å². The minimum atomic E-state index is -4.94. The van der Waals surface area contributed by atoms with E-state index in [1.54, 1.807) is 0 Å². The normalized spacial score (nSPS) is 12.4. The fourth-order valence-corrected chi connectivity index (χ4v) is 12.4. The minimum Gasteiger partial charge on any atom is -0.222 e. The fourth-order valence-electron chi connectivity index (χ4n) is 7.44. The van der Waals surface area contributed by atoms with Crippen LogP contribution in [0.3, 0.4) is 0 Å². The zero-order valence-corrected chi connectivity index (χ0v) is 37.0. The average Bonchev–Trinajstić information content (AvgIpc) is 3.25. The van der Waals surface area contributed by atoms with Crippen LogP contribution in [0.2, 0.25) is 0 Å². The van der Waals surface area contributed by atoms with Crippen molar-refractivity contribution in [1.29, 1.82) is 0 Å². The van der Waals surface area contributed by atoms with E-state index < -0.39 is 26.1 Å². The number of benzene rings is 8. The SMILES string of the molecule is C1=CCCC=CCC1.[O-][Cl+3]([O-])([O-])[O-].[Rh].c1ccc(P(c2ccccc2)c2ccc3ccccc3c2-c2c(P(c3ccccc3)c3ccccc3)ccc3ccccc23)cc1. The predicted molar refractivity (Wildman–Crippen MR) is 241 cm³/mol. The molecule has 60 heavy (non-hydrogen) atoms. The van der Waals surface area contributed by atoms with Gasteiger partial charge >= 0.3 is 0 Å². The number of hydrogen-bond donors (Lipinski definition) is 0. The van der Waals surface area contributed by atoms with Gasteiger partial charge in [0.15, 0.2) is 0 Å². The standard InChI is InChI=1S/C44H32P2.C8H12.ClHO4.Rh/c1-5-19-35(20-6-1)45(36-21-7-2-8-22-36)41-31-29-33-17-13-15-27-39(33)43(41)44-40-28-16-14-18-34(40)30-32-42(44)46(37-23-9-3-10-24-37)38-25-11-4-12-26-38;1-2-4-6-8-7-5-3-1;2-1(3,4)5;/h1-32H;1-2,7-8H,3-6H2;(H,2,3,4,5);/p-1. The molecule has 0 heterocycles. The molecule has 0 spiro atoms. The van der Waals surface area contributed by atoms with Crippen LogP contribution < -0.4 is 50.5 Å². The second kappa shape index (κ2) is 22.3. The Kier molecular flexibility index (Phi) is 16.7. The van der Waals surface area contributed by atoms with Crippen LogP contribution in [0.15, 0.2) is 218 Å². The molecule has 0 amide bonds. The van der Waals surface area contributed by atoms with Crippen molar-refractivity contribution in [3.8, 4) is 11.1 Å². The Morgan fingerprint density at radius 2 is 0.567 bits per heavy atom. The molecule has 1 aliphatic rings. The van der Waals surface area contributed by atoms with Gasteiger partial charge < -0.3 is 0 Å². The zero-order valence-electron chi connectivity index (χ0n) is 32.9. The molecule has 1 radical (unpaired) electrons. The Morgan fingerprint density at radius 3 is 0.850 bits per heavy atom. The molecule has 0 aromatic heterocycles. The van der Waals surface area contributed by atoms with Crippen LogP contribution in [0.1, 0.15) is 25.7 Å². The van der Waals surface area contributed by atoms with Crippen molar-refractivity contribution in [2.24, 2.45) is 0 Å². The van der Waals surface area contributed by atoms with Crippen molar-refractivity contribution in [2.75, 3.05) is 0 Å². The number of rotatable bonds is 7. The zero-order chi connectivity index (χ0) is 40.9. The van der Waals surface area contributed by atoms with Crippen molar-refractivity contribution in [3.63, 3.8) is 0 Å². The fraction of sp³-hybridized carbons (Fsp3) is 0.0769. The molecule has 8 heteroatoms. The molecule has 0 unspecified atom stereocenters. The molecule has 1 aliphatic carbocycles. The van der Waals surface area contributed by atoms with Gasteiger partial charge in [0, 0.05) is 19.5 Å². The molecule has 8 aromatic rings. The van der Waals surface area contributed by atoms with Crippen molar-refractivity contribution in [1.82, 2.24) is 0 Å². The van der Waals surface area contributed by atoms with Gasteiger partial charge in [-0.25, -0.2) is 18.6 Å². The second-order valence-corrected chi connectivity index (χ2v) is 19.0. The number of fused-ring (bicyclic) bond motifs is 2. The van der Waals surface area contributed by atoms with Gasteiger partial charge in [0.05, 0.1) is 0 Å². The van der Waals surface area contributed by atoms with Gasteiger partial charge in [-0.3, -0.25) is 0 Å². The molecule has 0 N–H and O–H groups in total. The molecule has 0 atom stereocenters. The van der Waals surface area contributed by atoms with E-state index in [9.17, 15) is 0 Å². The first-order valence-corrected chi connectivity index (χ1v) is 23.5. The number of hydrogen-bond acceptors (Lipinski definition) is 4. The largest absolute Gasteiger partial charge is 0.222 e. The van der Waals surface area contributed by atoms with E-state index in [1.807, 2.05) is 0 Å². The van der Waals surface area contributed by atoms with Gasteiger partial charge in [-0.2, -0.15) is 0 Å². The molecule has 0 saturated heterocycles. The quantitative estimate of drug-likeness (QED) is 0.0971. The molecule has 0 bridgehead atoms. The summed E-state index contributed by atoms with van der Waals surface area (Å²) >= 11 is 0. The summed E-state index contributed by atoms with van der Waals surface area (Å²) in [5.41, 5.74) is 2.70. The summed E-state index contributed by atoms with van der Waals surface area (Å²) in [4.78, 5) is 0. The molecule has 303 valence electrons. The average molecular weight is 933 g/mol. The first kappa shape index (κ1) is 44.9. The molecule has 4 nitrogen and oxygen atoms in total. The summed E-state index contributed by atoms with van der Waals surface area (Å²) in [5.74, 6) is 0. The monoisotopic (exact) mass is 932 g/mol. The van der Waals surface area contributed by atoms with Gasteiger partial charge in [-0.05, 0) is 106 Å². The molecule has 8 aromatic carbocycles. The van der Waals surface area contributed by atoms with E-state index in [0.717, 1.165) is 0 Å². The molecular formula is C52H44ClO4P2Rh-. The van der Waals surface area contributed by atoms with Crippen molar-refractivity contribution < 1.29 is 48.4 Å². The van der Waals surface area contributed by atoms with E-state index in [-0.39, 0.29) is 19.5 Å². The van der Waals surface area contributed by atoms with E-state index >= 15 is 0 Å². The smallest absolute Gasteiger partial charge is 0 e. The summed E-state index contributed by atoms with van der Waals surface area (Å²) in [6.07, 6.45) is 14.0. The third kappa shape index (κ3) is 11.8. The Balaban J connectivity index is 0.000000373. The van der Waals surface area contributed by atoms with Gasteiger partial charge in [-0.1, -0.05) is 218 Å². The van der Waals surface area contributed by atoms with Crippen LogP contribution in [0.4, 0.5) is 0 Å². The van der Waals surface area contributed by atoms with Crippen LogP contribution in [-0.2, 0) is 19.5 Å². The first-order valence-electron chi connectivity index (χ1n) is 19.6. The molecule has 0 fully saturated rings. The van der Waals surface area contributed by atoms with E-state index in [0.29, 0.717) is 0 Å². The van der Waals surface area contributed by atoms with Gasteiger partial charge in [0.2, 0.25) is 0 Å². The summed E-state index contributed by atoms with van der Waals surface area (Å²) in [6.45, 7) is 0. The van der Waals surface area contributed by atoms with Crippen molar-refractivity contribution >= 4 is 69.2 Å². The Bertz CT molecular complexity index is 2340. The maximum atomic E-state index is 8.49. The molecule has 9 rings (SSSR count). The van der Waals surface area contributed by atoms with Crippen LogP contribution in [0.25, 0.3) is 32.7 Å². The van der Waals surface area contributed by atoms with Crippen LogP contribution in [0, 0.1) is 10.2 Å². The van der Waals surface area contributed by atoms with Gasteiger partial charge in [-0.15, -0.1) is 10.2 Å². The Morgan fingerprint density at radius 1 is 0.317 bits per heavy atom. The van der Waals surface area contributed by atoms with E-state index in [1.165, 1.54) is 90.2 Å². The first-order chi connectivity index (χ1) is 28.9. The van der Waals surface area contributed by atoms with Crippen molar-refractivity contribution in [3.05, 3.63) is 218 Å². The predicted octanol–water partition coefficient (Wildman–Crippen LogP) is 7.09. The summed E-state index contributed by atoms with van der Waals surface area (Å²) in [6, 6.07) is 71.8. The number of halogens is 1. The molecule has 0 saturated carbocycles. The maximum Gasteiger partial charge on any atom is 0 e. The summed E-state index contributed by atoms with van der Waals surface area (Å²) in [5, 5.41) is 13.3. The summed E-state index contributed by atoms with van der Waals surface area (Å²) < 4.78 is 34.0. The third-order valence-electron chi connectivity index (χ3n) is 9.94. The second-order valence-electron chi connectivity index (χ2n) is 13.9. The molecular weight excluding hydrogens is 889 g/mol. The van der Waals surface area contributed by atoms with Crippen molar-refractivity contribution in [2.45, 2.75) is 25.7 Å². The topological polar surface area (TPSA) is 92.2 Å². The molecule has 0 aliphatic heterocycles. The van der Waals surface area contributed by atoms with Gasteiger partial charge in [0.1, 0.15) is 0 Å². The van der Waals surface area contributed by atoms with Crippen LogP contribution >= 0.6 is 15.8 Å². The minimum absolute atomic E-state index is 0. The Labute approximate surface area is 370 Å². The van der Waals surface area contributed by atoms with E-state index in [4.69, 9.17) is 18.6 Å². The van der Waals surface area contributed by atoms with Crippen LogP contribution in [0.5, 0.6) is 0 Å². The summed E-state index contributed by atoms with van der Waals surface area (Å²) in [7, 11) is -6.65. The third-order valence-corrected chi connectivity index (χ3v) is 14.9. The van der Waals surface area contributed by atoms with Gasteiger partial charge in [0.25, 0.3) is 0 Å². The maximum absolute atomic E-state index is 8.49. The number of allylic oxidation sites excluding steroid dienone is 4.